The summed E-state index contributed by atoms with van der Waals surface area (Å²) in [6, 6.07) is 9.36. The van der Waals surface area contributed by atoms with Crippen LogP contribution in [-0.2, 0) is 19.3 Å². The molecule has 0 saturated carbocycles. The summed E-state index contributed by atoms with van der Waals surface area (Å²) >= 11 is 0. The molecule has 1 N–H and O–H groups in total. The molecule has 0 aliphatic carbocycles. The van der Waals surface area contributed by atoms with Gasteiger partial charge in [0.1, 0.15) is 28.6 Å². The van der Waals surface area contributed by atoms with Crippen molar-refractivity contribution in [2.24, 2.45) is 0 Å². The zero-order chi connectivity index (χ0) is 26.0. The zero-order valence-corrected chi connectivity index (χ0v) is 22.5. The number of furan rings is 1. The van der Waals surface area contributed by atoms with Gasteiger partial charge in [0.15, 0.2) is 5.76 Å². The van der Waals surface area contributed by atoms with Crippen LogP contribution in [0.2, 0.25) is 0 Å². The fourth-order valence-corrected chi connectivity index (χ4v) is 4.90. The molecule has 6 heteroatoms. The highest BCUT2D eigenvalue weighted by Crippen LogP contribution is 2.41. The van der Waals surface area contributed by atoms with Gasteiger partial charge in [0.2, 0.25) is 0 Å². The van der Waals surface area contributed by atoms with E-state index in [0.29, 0.717) is 25.1 Å². The number of rotatable bonds is 8. The molecule has 0 unspecified atom stereocenters. The van der Waals surface area contributed by atoms with E-state index < -0.39 is 0 Å². The summed E-state index contributed by atoms with van der Waals surface area (Å²) in [6.07, 6.45) is 3.30. The van der Waals surface area contributed by atoms with Crippen LogP contribution >= 0.6 is 0 Å². The molecule has 3 aromatic rings. The molecule has 1 amide bonds. The van der Waals surface area contributed by atoms with E-state index in [0.717, 1.165) is 41.4 Å². The van der Waals surface area contributed by atoms with Crippen molar-refractivity contribution in [2.75, 3.05) is 20.8 Å². The Hall–Kier alpha value is -3.41. The molecule has 1 aliphatic rings. The lowest BCUT2D eigenvalue weighted by atomic mass is 9.84. The van der Waals surface area contributed by atoms with Crippen molar-refractivity contribution in [1.82, 2.24) is 5.32 Å². The standard InChI is InChI=1S/C30H37NO5/c1-18-19(2)28-25(10-12-30(4,5)36-28)20(3)26(18)17-22-8-9-27(35-22)29(32)31-13-11-21-14-23(33-6)16-24(15-21)34-7/h8-9,14-16H,10-13,17H2,1-7H3,(H,31,32). The third-order valence-electron chi connectivity index (χ3n) is 7.24. The number of benzene rings is 2. The highest BCUT2D eigenvalue weighted by molar-refractivity contribution is 5.91. The molecule has 0 saturated heterocycles. The van der Waals surface area contributed by atoms with Crippen LogP contribution in [0, 0.1) is 20.8 Å². The van der Waals surface area contributed by atoms with Crippen LogP contribution in [0.3, 0.4) is 0 Å². The largest absolute Gasteiger partial charge is 0.497 e. The average Bonchev–Trinajstić information content (AvgIpc) is 3.33. The molecule has 0 radical (unpaired) electrons. The minimum absolute atomic E-state index is 0.139. The minimum Gasteiger partial charge on any atom is -0.497 e. The van der Waals surface area contributed by atoms with Crippen molar-refractivity contribution in [3.63, 3.8) is 0 Å². The Balaban J connectivity index is 1.43. The van der Waals surface area contributed by atoms with Crippen LogP contribution in [0.25, 0.3) is 0 Å². The highest BCUT2D eigenvalue weighted by atomic mass is 16.5. The molecule has 0 atom stereocenters. The molecular formula is C30H37NO5. The lowest BCUT2D eigenvalue weighted by Crippen LogP contribution is -2.33. The van der Waals surface area contributed by atoms with Gasteiger partial charge in [-0.25, -0.2) is 0 Å². The third-order valence-corrected chi connectivity index (χ3v) is 7.24. The lowest BCUT2D eigenvalue weighted by molar-refractivity contribution is 0.0833. The quantitative estimate of drug-likeness (QED) is 0.426. The van der Waals surface area contributed by atoms with Gasteiger partial charge in [0.05, 0.1) is 14.2 Å². The number of carbonyl (C=O) groups is 1. The highest BCUT2D eigenvalue weighted by Gasteiger charge is 2.30. The fourth-order valence-electron chi connectivity index (χ4n) is 4.90. The maximum Gasteiger partial charge on any atom is 0.287 e. The van der Waals surface area contributed by atoms with Crippen molar-refractivity contribution in [3.8, 4) is 17.2 Å². The van der Waals surface area contributed by atoms with Crippen LogP contribution < -0.4 is 19.5 Å². The molecule has 0 spiro atoms. The number of hydrogen-bond acceptors (Lipinski definition) is 5. The molecule has 6 nitrogen and oxygen atoms in total. The van der Waals surface area contributed by atoms with Gasteiger partial charge < -0.3 is 23.9 Å². The SMILES string of the molecule is COc1cc(CCNC(=O)c2ccc(Cc3c(C)c(C)c4c(c3C)CCC(C)(C)O4)o2)cc(OC)c1. The summed E-state index contributed by atoms with van der Waals surface area (Å²) in [5.41, 5.74) is 7.11. The van der Waals surface area contributed by atoms with Gasteiger partial charge in [-0.05, 0) is 112 Å². The Bertz CT molecular complexity index is 1250. The summed E-state index contributed by atoms with van der Waals surface area (Å²) in [6.45, 7) is 11.2. The second-order valence-electron chi connectivity index (χ2n) is 10.2. The Morgan fingerprint density at radius 2 is 1.69 bits per heavy atom. The van der Waals surface area contributed by atoms with Gasteiger partial charge in [-0.3, -0.25) is 4.79 Å². The second kappa shape index (κ2) is 10.3. The maximum atomic E-state index is 12.7. The van der Waals surface area contributed by atoms with Crippen LogP contribution in [0.1, 0.15) is 70.0 Å². The molecule has 0 bridgehead atoms. The topological polar surface area (TPSA) is 69.9 Å². The van der Waals surface area contributed by atoms with Gasteiger partial charge in [-0.1, -0.05) is 0 Å². The summed E-state index contributed by atoms with van der Waals surface area (Å²) in [7, 11) is 3.25. The van der Waals surface area contributed by atoms with E-state index in [2.05, 4.69) is 39.9 Å². The number of hydrogen-bond donors (Lipinski definition) is 1. The Labute approximate surface area is 213 Å². The van der Waals surface area contributed by atoms with Gasteiger partial charge in [-0.2, -0.15) is 0 Å². The van der Waals surface area contributed by atoms with Crippen molar-refractivity contribution in [2.45, 2.75) is 65.9 Å². The summed E-state index contributed by atoms with van der Waals surface area (Å²) < 4.78 is 23.0. The maximum absolute atomic E-state index is 12.7. The number of ether oxygens (including phenoxy) is 3. The molecule has 2 aromatic carbocycles. The fraction of sp³-hybridized carbons (Fsp3) is 0.433. The molecule has 1 aromatic heterocycles. The second-order valence-corrected chi connectivity index (χ2v) is 10.2. The van der Waals surface area contributed by atoms with Gasteiger partial charge in [-0.15, -0.1) is 0 Å². The van der Waals surface area contributed by atoms with Crippen molar-refractivity contribution >= 4 is 5.91 Å². The smallest absolute Gasteiger partial charge is 0.287 e. The zero-order valence-electron chi connectivity index (χ0n) is 22.5. The number of methoxy groups -OCH3 is 2. The van der Waals surface area contributed by atoms with Crippen molar-refractivity contribution in [1.29, 1.82) is 0 Å². The predicted octanol–water partition coefficient (Wildman–Crippen LogP) is 5.89. The number of fused-ring (bicyclic) bond motifs is 1. The molecule has 192 valence electrons. The first-order valence-corrected chi connectivity index (χ1v) is 12.5. The van der Waals surface area contributed by atoms with Crippen molar-refractivity contribution in [3.05, 3.63) is 75.2 Å². The first kappa shape index (κ1) is 25.7. The number of nitrogens with one attached hydrogen (secondary N) is 1. The van der Waals surface area contributed by atoms with Crippen LogP contribution in [0.5, 0.6) is 17.2 Å². The van der Waals surface area contributed by atoms with E-state index in [-0.39, 0.29) is 11.5 Å². The van der Waals surface area contributed by atoms with E-state index in [1.54, 1.807) is 20.3 Å². The van der Waals surface area contributed by atoms with Crippen LogP contribution in [-0.4, -0.2) is 32.3 Å². The van der Waals surface area contributed by atoms with Crippen LogP contribution in [0.15, 0.2) is 34.7 Å². The van der Waals surface area contributed by atoms with Gasteiger partial charge >= 0.3 is 0 Å². The normalized spacial score (nSPS) is 14.1. The molecule has 4 rings (SSSR count). The molecule has 0 fully saturated rings. The van der Waals surface area contributed by atoms with Crippen LogP contribution in [0.4, 0.5) is 0 Å². The monoisotopic (exact) mass is 491 g/mol. The molecular weight excluding hydrogens is 454 g/mol. The van der Waals surface area contributed by atoms with Gasteiger partial charge in [0.25, 0.3) is 5.91 Å². The van der Waals surface area contributed by atoms with Gasteiger partial charge in [0, 0.05) is 19.0 Å². The van der Waals surface area contributed by atoms with E-state index >= 15 is 0 Å². The van der Waals surface area contributed by atoms with E-state index in [1.165, 1.54) is 27.8 Å². The van der Waals surface area contributed by atoms with E-state index in [1.807, 2.05) is 24.3 Å². The lowest BCUT2D eigenvalue weighted by Gasteiger charge is -2.35. The minimum atomic E-state index is -0.221. The van der Waals surface area contributed by atoms with E-state index in [4.69, 9.17) is 18.6 Å². The van der Waals surface area contributed by atoms with E-state index in [9.17, 15) is 4.79 Å². The third kappa shape index (κ3) is 5.38. The molecule has 2 heterocycles. The Kier molecular flexibility index (Phi) is 7.34. The first-order chi connectivity index (χ1) is 17.1. The Morgan fingerprint density at radius 3 is 2.36 bits per heavy atom. The number of amides is 1. The summed E-state index contributed by atoms with van der Waals surface area (Å²) in [5, 5.41) is 2.95. The molecule has 1 aliphatic heterocycles. The summed E-state index contributed by atoms with van der Waals surface area (Å²) in [5.74, 6) is 3.37. The number of carbonyl (C=O) groups excluding carboxylic acids is 1. The first-order valence-electron chi connectivity index (χ1n) is 12.5. The summed E-state index contributed by atoms with van der Waals surface area (Å²) in [4.78, 5) is 12.7. The molecule has 36 heavy (non-hydrogen) atoms. The van der Waals surface area contributed by atoms with Crippen molar-refractivity contribution < 1.29 is 23.4 Å². The predicted molar refractivity (Wildman–Crippen MR) is 141 cm³/mol. The average molecular weight is 492 g/mol. The Morgan fingerprint density at radius 1 is 1.00 bits per heavy atom.